The highest BCUT2D eigenvalue weighted by Gasteiger charge is 2.11. The number of halogens is 1. The maximum atomic E-state index is 13.8. The Morgan fingerprint density at radius 3 is 2.33 bits per heavy atom. The van der Waals surface area contributed by atoms with E-state index in [2.05, 4.69) is 15.2 Å². The Bertz CT molecular complexity index is 1130. The van der Waals surface area contributed by atoms with Crippen LogP contribution < -0.4 is 11.1 Å². The molecule has 0 unspecified atom stereocenters. The van der Waals surface area contributed by atoms with Crippen molar-refractivity contribution in [2.45, 2.75) is 0 Å². The predicted octanol–water partition coefficient (Wildman–Crippen LogP) is 4.88. The van der Waals surface area contributed by atoms with Gasteiger partial charge >= 0.3 is 0 Å². The molecule has 0 atom stereocenters. The maximum Gasteiger partial charge on any atom is 0.251 e. The zero-order valence-electron chi connectivity index (χ0n) is 16.0. The Morgan fingerprint density at radius 2 is 1.70 bits per heavy atom. The molecule has 3 N–H and O–H groups in total. The number of benzene rings is 3. The standard InChI is InChI=1S/C24H19FN4O/c1-27-22-13-12-18(14-21(22)25)24(30)29-16-19(15-28-20-10-6-3-7-11-20)23(26)17-8-4-2-5-9-17/h2-15H,16,26H2,(H,29,30). The van der Waals surface area contributed by atoms with E-state index in [1.54, 1.807) is 6.21 Å². The molecule has 0 saturated heterocycles. The van der Waals surface area contributed by atoms with E-state index >= 15 is 0 Å². The summed E-state index contributed by atoms with van der Waals surface area (Å²) in [7, 11) is 0. The number of hydrogen-bond donors (Lipinski definition) is 2. The van der Waals surface area contributed by atoms with Crippen molar-refractivity contribution in [3.8, 4) is 0 Å². The minimum atomic E-state index is -0.733. The molecule has 0 aliphatic carbocycles. The molecule has 0 radical (unpaired) electrons. The van der Waals surface area contributed by atoms with Gasteiger partial charge in [-0.3, -0.25) is 9.79 Å². The van der Waals surface area contributed by atoms with Crippen LogP contribution in [0, 0.1) is 12.4 Å². The van der Waals surface area contributed by atoms with Crippen LogP contribution in [-0.2, 0) is 0 Å². The Morgan fingerprint density at radius 1 is 1.03 bits per heavy atom. The van der Waals surface area contributed by atoms with Crippen LogP contribution in [0.5, 0.6) is 0 Å². The summed E-state index contributed by atoms with van der Waals surface area (Å²) in [4.78, 5) is 20.0. The minimum Gasteiger partial charge on any atom is -0.398 e. The molecule has 3 aromatic carbocycles. The SMILES string of the molecule is [C-]#[N+]c1ccc(C(=O)NCC(C=Nc2ccccc2)=C(N)c2ccccc2)cc1F. The van der Waals surface area contributed by atoms with Gasteiger partial charge in [0, 0.05) is 29.6 Å². The lowest BCUT2D eigenvalue weighted by atomic mass is 10.1. The van der Waals surface area contributed by atoms with Crippen molar-refractivity contribution in [2.75, 3.05) is 6.54 Å². The molecular formula is C24H19FN4O. The van der Waals surface area contributed by atoms with Crippen LogP contribution in [0.15, 0.2) is 89.4 Å². The van der Waals surface area contributed by atoms with Crippen LogP contribution >= 0.6 is 0 Å². The Hall–Kier alpha value is -4.24. The molecule has 30 heavy (non-hydrogen) atoms. The summed E-state index contributed by atoms with van der Waals surface area (Å²) in [5.41, 5.74) is 8.96. The van der Waals surface area contributed by atoms with Crippen LogP contribution in [0.3, 0.4) is 0 Å². The van der Waals surface area contributed by atoms with E-state index in [1.807, 2.05) is 60.7 Å². The van der Waals surface area contributed by atoms with E-state index in [1.165, 1.54) is 12.1 Å². The Kier molecular flexibility index (Phi) is 6.70. The molecule has 0 aromatic heterocycles. The number of rotatable bonds is 6. The lowest BCUT2D eigenvalue weighted by Gasteiger charge is -2.11. The topological polar surface area (TPSA) is 71.8 Å². The molecule has 0 bridgehead atoms. The first-order valence-corrected chi connectivity index (χ1v) is 9.17. The van der Waals surface area contributed by atoms with Crippen molar-refractivity contribution in [3.05, 3.63) is 113 Å². The van der Waals surface area contributed by atoms with E-state index < -0.39 is 11.7 Å². The maximum absolute atomic E-state index is 13.8. The third-order valence-electron chi connectivity index (χ3n) is 4.33. The molecule has 0 aliphatic rings. The summed E-state index contributed by atoms with van der Waals surface area (Å²) < 4.78 is 13.8. The highest BCUT2D eigenvalue weighted by atomic mass is 19.1. The molecule has 5 nitrogen and oxygen atoms in total. The van der Waals surface area contributed by atoms with E-state index in [4.69, 9.17) is 12.3 Å². The zero-order valence-corrected chi connectivity index (χ0v) is 16.0. The number of nitrogens with two attached hydrogens (primary N) is 1. The molecular weight excluding hydrogens is 379 g/mol. The minimum absolute atomic E-state index is 0.0993. The molecule has 3 aromatic rings. The van der Waals surface area contributed by atoms with Crippen LogP contribution in [-0.4, -0.2) is 18.7 Å². The first-order chi connectivity index (χ1) is 14.6. The van der Waals surface area contributed by atoms with Crippen LogP contribution in [0.1, 0.15) is 15.9 Å². The van der Waals surface area contributed by atoms with Crippen molar-refractivity contribution < 1.29 is 9.18 Å². The average Bonchev–Trinajstić information content (AvgIpc) is 2.79. The zero-order chi connectivity index (χ0) is 21.3. The number of amides is 1. The number of aliphatic imine (C=N–C) groups is 1. The van der Waals surface area contributed by atoms with Crippen molar-refractivity contribution in [1.29, 1.82) is 0 Å². The summed E-state index contributed by atoms with van der Waals surface area (Å²) in [6.07, 6.45) is 1.61. The lowest BCUT2D eigenvalue weighted by molar-refractivity contribution is 0.0957. The van der Waals surface area contributed by atoms with Gasteiger partial charge < -0.3 is 11.1 Å². The highest BCUT2D eigenvalue weighted by molar-refractivity contribution is 5.97. The van der Waals surface area contributed by atoms with Gasteiger partial charge in [-0.05, 0) is 23.8 Å². The molecule has 1 amide bonds. The summed E-state index contributed by atoms with van der Waals surface area (Å²) in [6.45, 7) is 6.99. The van der Waals surface area contributed by atoms with E-state index in [0.29, 0.717) is 11.3 Å². The monoisotopic (exact) mass is 398 g/mol. The third kappa shape index (κ3) is 5.18. The fourth-order valence-corrected chi connectivity index (χ4v) is 2.70. The van der Waals surface area contributed by atoms with Crippen molar-refractivity contribution in [3.63, 3.8) is 0 Å². The van der Waals surface area contributed by atoms with Crippen molar-refractivity contribution in [1.82, 2.24) is 5.32 Å². The van der Waals surface area contributed by atoms with Crippen molar-refractivity contribution >= 4 is 29.2 Å². The van der Waals surface area contributed by atoms with E-state index in [9.17, 15) is 9.18 Å². The second-order valence-corrected chi connectivity index (χ2v) is 6.36. The molecule has 148 valence electrons. The molecule has 0 fully saturated rings. The van der Waals surface area contributed by atoms with Crippen molar-refractivity contribution in [2.24, 2.45) is 10.7 Å². The van der Waals surface area contributed by atoms with Gasteiger partial charge in [0.05, 0.1) is 12.3 Å². The number of hydrogen-bond acceptors (Lipinski definition) is 3. The molecule has 0 aliphatic heterocycles. The number of carbonyl (C=O) groups is 1. The predicted molar refractivity (Wildman–Crippen MR) is 117 cm³/mol. The van der Waals surface area contributed by atoms with Gasteiger partial charge in [-0.25, -0.2) is 9.24 Å². The molecule has 0 saturated carbocycles. The van der Waals surface area contributed by atoms with Gasteiger partial charge in [0.25, 0.3) is 5.91 Å². The van der Waals surface area contributed by atoms with Crippen LogP contribution in [0.4, 0.5) is 15.8 Å². The first-order valence-electron chi connectivity index (χ1n) is 9.17. The quantitative estimate of drug-likeness (QED) is 0.459. The molecule has 3 rings (SSSR count). The fourth-order valence-electron chi connectivity index (χ4n) is 2.70. The second-order valence-electron chi connectivity index (χ2n) is 6.36. The average molecular weight is 398 g/mol. The molecule has 0 heterocycles. The summed E-state index contributed by atoms with van der Waals surface area (Å²) in [6, 6.07) is 22.5. The number of nitrogens with one attached hydrogen (secondary N) is 1. The van der Waals surface area contributed by atoms with E-state index in [-0.39, 0.29) is 17.8 Å². The number of carbonyl (C=O) groups excluding carboxylic acids is 1. The van der Waals surface area contributed by atoms with Gasteiger partial charge in [0.1, 0.15) is 5.82 Å². The third-order valence-corrected chi connectivity index (χ3v) is 4.33. The van der Waals surface area contributed by atoms with Gasteiger partial charge in [-0.2, -0.15) is 0 Å². The largest absolute Gasteiger partial charge is 0.398 e. The normalized spacial score (nSPS) is 11.6. The number of para-hydroxylation sites is 1. The second kappa shape index (κ2) is 9.80. The molecule has 0 spiro atoms. The van der Waals surface area contributed by atoms with Crippen LogP contribution in [0.25, 0.3) is 10.5 Å². The first kappa shape index (κ1) is 20.5. The lowest BCUT2D eigenvalue weighted by Crippen LogP contribution is -2.27. The Labute approximate surface area is 174 Å². The van der Waals surface area contributed by atoms with Gasteiger partial charge in [0.2, 0.25) is 5.69 Å². The smallest absolute Gasteiger partial charge is 0.251 e. The highest BCUT2D eigenvalue weighted by Crippen LogP contribution is 2.19. The number of nitrogens with zero attached hydrogens (tertiary/aromatic N) is 2. The molecule has 6 heteroatoms. The van der Waals surface area contributed by atoms with Crippen LogP contribution in [0.2, 0.25) is 0 Å². The van der Waals surface area contributed by atoms with Gasteiger partial charge in [0.15, 0.2) is 0 Å². The van der Waals surface area contributed by atoms with Gasteiger partial charge in [-0.1, -0.05) is 60.7 Å². The fraction of sp³-hybridized carbons (Fsp3) is 0.0417. The van der Waals surface area contributed by atoms with E-state index in [0.717, 1.165) is 17.3 Å². The van der Waals surface area contributed by atoms with Gasteiger partial charge in [-0.15, -0.1) is 0 Å². The Balaban J connectivity index is 1.84. The summed E-state index contributed by atoms with van der Waals surface area (Å²) in [5, 5.41) is 2.74. The summed E-state index contributed by atoms with van der Waals surface area (Å²) in [5.74, 6) is -1.21. The summed E-state index contributed by atoms with van der Waals surface area (Å²) >= 11 is 0.